The minimum absolute atomic E-state index is 0.0950. The summed E-state index contributed by atoms with van der Waals surface area (Å²) in [5.41, 5.74) is 1.48. The summed E-state index contributed by atoms with van der Waals surface area (Å²) in [6, 6.07) is 14.2. The molecule has 2 heterocycles. The zero-order valence-electron chi connectivity index (χ0n) is 14.5. The number of hydrogen-bond donors (Lipinski definition) is 0. The Morgan fingerprint density at radius 1 is 1.00 bits per heavy atom. The van der Waals surface area contributed by atoms with Gasteiger partial charge < -0.3 is 9.80 Å². The number of nitrogens with zero attached hydrogens (tertiary/aromatic N) is 4. The number of halogens is 1. The van der Waals surface area contributed by atoms with Gasteiger partial charge in [0.1, 0.15) is 11.6 Å². The highest BCUT2D eigenvalue weighted by atomic mass is 19.1. The van der Waals surface area contributed by atoms with Crippen molar-refractivity contribution in [2.24, 2.45) is 0 Å². The third-order valence-electron chi connectivity index (χ3n) is 4.69. The molecule has 0 radical (unpaired) electrons. The van der Waals surface area contributed by atoms with Crippen LogP contribution in [0.1, 0.15) is 6.92 Å². The van der Waals surface area contributed by atoms with Crippen LogP contribution >= 0.6 is 0 Å². The Kier molecular flexibility index (Phi) is 4.24. The topological polar surface area (TPSA) is 49.3 Å². The fourth-order valence-corrected chi connectivity index (χ4v) is 3.29. The van der Waals surface area contributed by atoms with Crippen molar-refractivity contribution >= 4 is 22.6 Å². The normalized spacial score (nSPS) is 14.7. The molecule has 0 unspecified atom stereocenters. The first-order valence-corrected chi connectivity index (χ1v) is 8.65. The maximum absolute atomic E-state index is 13.6. The second-order valence-corrected chi connectivity index (χ2v) is 6.39. The molecule has 0 atom stereocenters. The predicted octanol–water partition coefficient (Wildman–Crippen LogP) is 3.10. The molecule has 1 aliphatic heterocycles. The van der Waals surface area contributed by atoms with Gasteiger partial charge in [0.15, 0.2) is 5.82 Å². The van der Waals surface area contributed by atoms with Crippen molar-refractivity contribution in [2.45, 2.75) is 6.92 Å². The number of anilines is 1. The summed E-state index contributed by atoms with van der Waals surface area (Å²) in [5, 5.41) is 0.962. The molecule has 0 bridgehead atoms. The van der Waals surface area contributed by atoms with Crippen LogP contribution in [-0.2, 0) is 4.79 Å². The number of hydrogen-bond acceptors (Lipinski definition) is 4. The van der Waals surface area contributed by atoms with Crippen LogP contribution in [0.4, 0.5) is 10.2 Å². The van der Waals surface area contributed by atoms with Crippen LogP contribution in [0, 0.1) is 5.82 Å². The molecule has 4 rings (SSSR count). The summed E-state index contributed by atoms with van der Waals surface area (Å²) in [5.74, 6) is 1.12. The maximum atomic E-state index is 13.6. The largest absolute Gasteiger partial charge is 0.352 e. The average Bonchev–Trinajstić information content (AvgIpc) is 2.67. The van der Waals surface area contributed by atoms with Crippen molar-refractivity contribution in [3.8, 4) is 11.4 Å². The highest BCUT2D eigenvalue weighted by Crippen LogP contribution is 2.28. The molecular formula is C20H19FN4O. The van der Waals surface area contributed by atoms with Crippen LogP contribution < -0.4 is 4.90 Å². The van der Waals surface area contributed by atoms with Gasteiger partial charge in [-0.15, -0.1) is 0 Å². The molecule has 1 saturated heterocycles. The van der Waals surface area contributed by atoms with Crippen molar-refractivity contribution in [2.75, 3.05) is 31.1 Å². The maximum Gasteiger partial charge on any atom is 0.219 e. The molecule has 0 saturated carbocycles. The van der Waals surface area contributed by atoms with E-state index in [1.54, 1.807) is 13.0 Å². The van der Waals surface area contributed by atoms with Gasteiger partial charge in [-0.3, -0.25) is 4.79 Å². The van der Waals surface area contributed by atoms with E-state index in [0.717, 1.165) is 16.7 Å². The van der Waals surface area contributed by atoms with Crippen LogP contribution in [0.15, 0.2) is 48.5 Å². The standard InChI is InChI=1S/C20H19FN4O/c1-14(26)24-9-11-25(12-10-24)20-17-7-2-3-8-18(17)22-19(23-20)15-5-4-6-16(21)13-15/h2-8,13H,9-12H2,1H3. The van der Waals surface area contributed by atoms with Crippen LogP contribution in [0.5, 0.6) is 0 Å². The minimum Gasteiger partial charge on any atom is -0.352 e. The number of para-hydroxylation sites is 1. The van der Waals surface area contributed by atoms with Gasteiger partial charge in [0.25, 0.3) is 0 Å². The lowest BCUT2D eigenvalue weighted by Crippen LogP contribution is -2.48. The Morgan fingerprint density at radius 3 is 2.50 bits per heavy atom. The van der Waals surface area contributed by atoms with E-state index in [9.17, 15) is 9.18 Å². The molecule has 0 aliphatic carbocycles. The van der Waals surface area contributed by atoms with Gasteiger partial charge in [-0.2, -0.15) is 0 Å². The first-order valence-electron chi connectivity index (χ1n) is 8.65. The molecule has 132 valence electrons. The van der Waals surface area contributed by atoms with Crippen molar-refractivity contribution in [1.82, 2.24) is 14.9 Å². The van der Waals surface area contributed by atoms with E-state index in [-0.39, 0.29) is 11.7 Å². The van der Waals surface area contributed by atoms with Gasteiger partial charge in [0.2, 0.25) is 5.91 Å². The molecule has 1 amide bonds. The van der Waals surface area contributed by atoms with E-state index in [1.807, 2.05) is 35.2 Å². The molecule has 5 nitrogen and oxygen atoms in total. The van der Waals surface area contributed by atoms with Gasteiger partial charge in [-0.1, -0.05) is 24.3 Å². The van der Waals surface area contributed by atoms with Crippen LogP contribution in [0.2, 0.25) is 0 Å². The summed E-state index contributed by atoms with van der Waals surface area (Å²) in [4.78, 5) is 25.0. The molecule has 3 aromatic rings. The molecule has 2 aromatic carbocycles. The predicted molar refractivity (Wildman–Crippen MR) is 99.4 cm³/mol. The van der Waals surface area contributed by atoms with Crippen molar-refractivity contribution < 1.29 is 9.18 Å². The quantitative estimate of drug-likeness (QED) is 0.713. The Balaban J connectivity index is 1.77. The van der Waals surface area contributed by atoms with Crippen molar-refractivity contribution in [3.05, 3.63) is 54.3 Å². The third kappa shape index (κ3) is 3.10. The third-order valence-corrected chi connectivity index (χ3v) is 4.69. The van der Waals surface area contributed by atoms with Gasteiger partial charge in [0, 0.05) is 44.1 Å². The Hall–Kier alpha value is -3.02. The Morgan fingerprint density at radius 2 is 1.77 bits per heavy atom. The number of fused-ring (bicyclic) bond motifs is 1. The second-order valence-electron chi connectivity index (χ2n) is 6.39. The molecule has 26 heavy (non-hydrogen) atoms. The highest BCUT2D eigenvalue weighted by molar-refractivity contribution is 5.91. The zero-order chi connectivity index (χ0) is 18.1. The number of piperazine rings is 1. The molecule has 0 N–H and O–H groups in total. The first kappa shape index (κ1) is 16.4. The number of carbonyl (C=O) groups excluding carboxylic acids is 1. The van der Waals surface area contributed by atoms with Gasteiger partial charge in [-0.25, -0.2) is 14.4 Å². The molecule has 6 heteroatoms. The summed E-state index contributed by atoms with van der Waals surface area (Å²) in [7, 11) is 0. The summed E-state index contributed by atoms with van der Waals surface area (Å²) < 4.78 is 13.6. The van der Waals surface area contributed by atoms with Crippen molar-refractivity contribution in [1.29, 1.82) is 0 Å². The Bertz CT molecular complexity index is 967. The summed E-state index contributed by atoms with van der Waals surface area (Å²) in [6.45, 7) is 4.36. The first-order chi connectivity index (χ1) is 12.6. The number of amides is 1. The highest BCUT2D eigenvalue weighted by Gasteiger charge is 2.22. The molecule has 0 spiro atoms. The van der Waals surface area contributed by atoms with Crippen molar-refractivity contribution in [3.63, 3.8) is 0 Å². The minimum atomic E-state index is -0.309. The number of rotatable bonds is 2. The van der Waals surface area contributed by atoms with Gasteiger partial charge >= 0.3 is 0 Å². The summed E-state index contributed by atoms with van der Waals surface area (Å²) in [6.07, 6.45) is 0. The van der Waals surface area contributed by atoms with Crippen LogP contribution in [0.3, 0.4) is 0 Å². The Labute approximate surface area is 151 Å². The number of benzene rings is 2. The fraction of sp³-hybridized carbons (Fsp3) is 0.250. The molecule has 1 aliphatic rings. The zero-order valence-corrected chi connectivity index (χ0v) is 14.5. The van der Waals surface area contributed by atoms with E-state index in [2.05, 4.69) is 9.88 Å². The van der Waals surface area contributed by atoms with Crippen LogP contribution in [0.25, 0.3) is 22.3 Å². The molecular weight excluding hydrogens is 331 g/mol. The lowest BCUT2D eigenvalue weighted by atomic mass is 10.1. The van der Waals surface area contributed by atoms with E-state index in [0.29, 0.717) is 37.6 Å². The van der Waals surface area contributed by atoms with E-state index in [4.69, 9.17) is 4.98 Å². The average molecular weight is 350 g/mol. The summed E-state index contributed by atoms with van der Waals surface area (Å²) >= 11 is 0. The molecule has 1 fully saturated rings. The SMILES string of the molecule is CC(=O)N1CCN(c2nc(-c3cccc(F)c3)nc3ccccc23)CC1. The van der Waals surface area contributed by atoms with E-state index >= 15 is 0 Å². The number of aromatic nitrogens is 2. The van der Waals surface area contributed by atoms with E-state index < -0.39 is 0 Å². The molecule has 1 aromatic heterocycles. The fourth-order valence-electron chi connectivity index (χ4n) is 3.29. The number of carbonyl (C=O) groups is 1. The monoisotopic (exact) mass is 350 g/mol. The smallest absolute Gasteiger partial charge is 0.219 e. The lowest BCUT2D eigenvalue weighted by molar-refractivity contribution is -0.129. The second kappa shape index (κ2) is 6.71. The van der Waals surface area contributed by atoms with E-state index in [1.165, 1.54) is 12.1 Å². The van der Waals surface area contributed by atoms with Gasteiger partial charge in [0.05, 0.1) is 5.52 Å². The lowest BCUT2D eigenvalue weighted by Gasteiger charge is -2.35. The van der Waals surface area contributed by atoms with Gasteiger partial charge in [-0.05, 0) is 24.3 Å². The van der Waals surface area contributed by atoms with Crippen LogP contribution in [-0.4, -0.2) is 47.0 Å².